The molecule has 0 aromatic heterocycles. The summed E-state index contributed by atoms with van der Waals surface area (Å²) in [6.07, 6.45) is 2.23. The zero-order chi connectivity index (χ0) is 30.8. The normalized spacial score (nSPS) is 13.4. The fraction of sp³-hybridized carbons (Fsp3) is 0.250. The number of likely N-dealkylation sites (N-methyl/N-ethyl adjacent to an activating group) is 1. The lowest BCUT2D eigenvalue weighted by atomic mass is 10.0. The molecular formula is C28H31ClN2O10. The maximum Gasteiger partial charge on any atom is 0.328 e. The lowest BCUT2D eigenvalue weighted by molar-refractivity contribution is -0.146. The molecular weight excluding hydrogens is 560 g/mol. The molecule has 0 aliphatic carbocycles. The summed E-state index contributed by atoms with van der Waals surface area (Å²) < 4.78 is 5.41. The predicted octanol–water partition coefficient (Wildman–Crippen LogP) is 2.72. The molecule has 4 N–H and O–H groups in total. The summed E-state index contributed by atoms with van der Waals surface area (Å²) in [5.74, 6) is -5.20. The monoisotopic (exact) mass is 590 g/mol. The highest BCUT2D eigenvalue weighted by molar-refractivity contribution is 6.33. The molecule has 1 heterocycles. The zero-order valence-corrected chi connectivity index (χ0v) is 22.9. The first kappa shape index (κ1) is 34.5. The summed E-state index contributed by atoms with van der Waals surface area (Å²) in [4.78, 5) is 54.6. The number of hydrogen-bond acceptors (Lipinski definition) is 8. The summed E-state index contributed by atoms with van der Waals surface area (Å²) in [6, 6.07) is 15.7. The van der Waals surface area contributed by atoms with Crippen molar-refractivity contribution in [3.05, 3.63) is 83.4 Å². The number of carbonyl (C=O) groups excluding carboxylic acids is 1. The molecule has 2 aromatic carbocycles. The molecule has 2 aromatic rings. The Bertz CT molecular complexity index is 1170. The highest BCUT2D eigenvalue weighted by Gasteiger charge is 2.17. The average Bonchev–Trinajstić information content (AvgIpc) is 2.92. The molecule has 1 aliphatic rings. The van der Waals surface area contributed by atoms with E-state index in [9.17, 15) is 24.0 Å². The molecule has 3 rings (SSSR count). The van der Waals surface area contributed by atoms with Crippen molar-refractivity contribution in [1.82, 2.24) is 9.80 Å². The van der Waals surface area contributed by atoms with Crippen molar-refractivity contribution in [3.8, 4) is 11.1 Å². The Balaban J connectivity index is 0.000000433. The standard InChI is InChI=1S/C20H23ClN2O2.2C4H4O4/c1-22-10-12-23(13-11-22)14-20(24)25-15-16-6-8-17(9-7-16)18-4-2-3-5-19(18)21;2*5-3(6)1-2-4(7)8/h2-9H,10-15H2,1H3;2*1-2H,(H,5,6)(H,7,8)/b;2*2-1-. The van der Waals surface area contributed by atoms with E-state index >= 15 is 0 Å². The highest BCUT2D eigenvalue weighted by Crippen LogP contribution is 2.27. The molecule has 0 bridgehead atoms. The van der Waals surface area contributed by atoms with Gasteiger partial charge in [0.25, 0.3) is 0 Å². The molecule has 12 nitrogen and oxygen atoms in total. The van der Waals surface area contributed by atoms with Gasteiger partial charge in [0.05, 0.1) is 6.54 Å². The molecule has 0 saturated carbocycles. The van der Waals surface area contributed by atoms with Crippen LogP contribution in [0.1, 0.15) is 5.56 Å². The molecule has 0 amide bonds. The summed E-state index contributed by atoms with van der Waals surface area (Å²) in [5.41, 5.74) is 3.03. The molecule has 0 spiro atoms. The first-order valence-corrected chi connectivity index (χ1v) is 12.4. The molecule has 41 heavy (non-hydrogen) atoms. The Morgan fingerprint density at radius 2 is 1.22 bits per heavy atom. The van der Waals surface area contributed by atoms with Crippen LogP contribution < -0.4 is 0 Å². The van der Waals surface area contributed by atoms with Gasteiger partial charge in [-0.25, -0.2) is 19.2 Å². The van der Waals surface area contributed by atoms with Gasteiger partial charge < -0.3 is 30.1 Å². The van der Waals surface area contributed by atoms with Gasteiger partial charge >= 0.3 is 29.8 Å². The Morgan fingerprint density at radius 3 is 1.66 bits per heavy atom. The summed E-state index contributed by atoms with van der Waals surface area (Å²) in [6.45, 7) is 4.49. The first-order valence-electron chi connectivity index (χ1n) is 12.1. The minimum absolute atomic E-state index is 0.167. The Hall–Kier alpha value is -4.52. The number of carboxylic acid groups (broad SMARTS) is 4. The fourth-order valence-electron chi connectivity index (χ4n) is 3.16. The van der Waals surface area contributed by atoms with Crippen LogP contribution in [0.25, 0.3) is 11.1 Å². The molecule has 1 fully saturated rings. The van der Waals surface area contributed by atoms with Crippen LogP contribution in [0.4, 0.5) is 0 Å². The number of aliphatic carboxylic acids is 4. The van der Waals surface area contributed by atoms with E-state index in [1.807, 2.05) is 48.5 Å². The van der Waals surface area contributed by atoms with Gasteiger partial charge in [-0.15, -0.1) is 0 Å². The average molecular weight is 591 g/mol. The zero-order valence-electron chi connectivity index (χ0n) is 22.2. The molecule has 13 heteroatoms. The van der Waals surface area contributed by atoms with Crippen molar-refractivity contribution in [3.63, 3.8) is 0 Å². The van der Waals surface area contributed by atoms with E-state index in [-0.39, 0.29) is 5.97 Å². The van der Waals surface area contributed by atoms with Crippen LogP contribution in [0, 0.1) is 0 Å². The maximum absolute atomic E-state index is 12.0. The number of rotatable bonds is 9. The number of carbonyl (C=O) groups is 5. The molecule has 0 atom stereocenters. The minimum Gasteiger partial charge on any atom is -0.478 e. The third-order valence-electron chi connectivity index (χ3n) is 5.22. The number of halogens is 1. The van der Waals surface area contributed by atoms with Crippen LogP contribution in [0.3, 0.4) is 0 Å². The number of ether oxygens (including phenoxy) is 1. The van der Waals surface area contributed by atoms with Crippen LogP contribution in [-0.2, 0) is 35.3 Å². The highest BCUT2D eigenvalue weighted by atomic mass is 35.5. The molecule has 1 aliphatic heterocycles. The molecule has 0 radical (unpaired) electrons. The summed E-state index contributed by atoms with van der Waals surface area (Å²) >= 11 is 6.23. The smallest absolute Gasteiger partial charge is 0.328 e. The molecule has 1 saturated heterocycles. The van der Waals surface area contributed by atoms with E-state index in [1.54, 1.807) is 0 Å². The van der Waals surface area contributed by atoms with Crippen LogP contribution in [-0.4, -0.2) is 99.8 Å². The Morgan fingerprint density at radius 1 is 0.756 bits per heavy atom. The minimum atomic E-state index is -1.26. The molecule has 220 valence electrons. The van der Waals surface area contributed by atoms with Gasteiger partial charge in [0.2, 0.25) is 0 Å². The van der Waals surface area contributed by atoms with Gasteiger partial charge in [-0.3, -0.25) is 9.69 Å². The molecule has 0 unspecified atom stereocenters. The summed E-state index contributed by atoms with van der Waals surface area (Å²) in [5, 5.41) is 32.0. The number of carboxylic acids is 4. The SMILES string of the molecule is CN1CCN(CC(=O)OCc2ccc(-c3ccccc3Cl)cc2)CC1.O=C(O)/C=C\C(=O)O.O=C(O)/C=C\C(=O)O. The maximum atomic E-state index is 12.0. The number of benzene rings is 2. The predicted molar refractivity (Wildman–Crippen MR) is 149 cm³/mol. The van der Waals surface area contributed by atoms with E-state index < -0.39 is 23.9 Å². The van der Waals surface area contributed by atoms with Crippen LogP contribution in [0.2, 0.25) is 5.02 Å². The van der Waals surface area contributed by atoms with Crippen LogP contribution >= 0.6 is 11.6 Å². The van der Waals surface area contributed by atoms with E-state index in [0.717, 1.165) is 47.9 Å². The number of hydrogen-bond donors (Lipinski definition) is 4. The van der Waals surface area contributed by atoms with Gasteiger partial charge in [-0.2, -0.15) is 0 Å². The first-order chi connectivity index (χ1) is 19.4. The lowest BCUT2D eigenvalue weighted by Crippen LogP contribution is -2.46. The van der Waals surface area contributed by atoms with Crippen molar-refractivity contribution in [1.29, 1.82) is 0 Å². The van der Waals surface area contributed by atoms with Crippen molar-refractivity contribution in [2.45, 2.75) is 6.61 Å². The second-order valence-corrected chi connectivity index (χ2v) is 8.84. The van der Waals surface area contributed by atoms with E-state index in [2.05, 4.69) is 16.8 Å². The van der Waals surface area contributed by atoms with Gasteiger partial charge in [0, 0.05) is 61.1 Å². The third kappa shape index (κ3) is 16.2. The number of piperazine rings is 1. The third-order valence-corrected chi connectivity index (χ3v) is 5.55. The van der Waals surface area contributed by atoms with Crippen molar-refractivity contribution >= 4 is 41.4 Å². The Kier molecular flexibility index (Phi) is 15.7. The number of esters is 1. The quantitative estimate of drug-likeness (QED) is 0.248. The number of nitrogens with zero attached hydrogens (tertiary/aromatic N) is 2. The van der Waals surface area contributed by atoms with E-state index in [1.165, 1.54) is 0 Å². The summed E-state index contributed by atoms with van der Waals surface area (Å²) in [7, 11) is 2.10. The van der Waals surface area contributed by atoms with Crippen molar-refractivity contribution in [2.75, 3.05) is 39.8 Å². The largest absolute Gasteiger partial charge is 0.478 e. The van der Waals surface area contributed by atoms with Gasteiger partial charge in [0.1, 0.15) is 6.61 Å². The lowest BCUT2D eigenvalue weighted by Gasteiger charge is -2.31. The van der Waals surface area contributed by atoms with E-state index in [0.29, 0.717) is 37.5 Å². The van der Waals surface area contributed by atoms with Crippen LogP contribution in [0.15, 0.2) is 72.8 Å². The Labute approximate surface area is 241 Å². The van der Waals surface area contributed by atoms with Crippen LogP contribution in [0.5, 0.6) is 0 Å². The fourth-order valence-corrected chi connectivity index (χ4v) is 3.40. The van der Waals surface area contributed by atoms with Crippen molar-refractivity contribution in [2.24, 2.45) is 0 Å². The topological polar surface area (TPSA) is 182 Å². The second-order valence-electron chi connectivity index (χ2n) is 8.44. The second kappa shape index (κ2) is 18.7. The van der Waals surface area contributed by atoms with Gasteiger partial charge in [0.15, 0.2) is 0 Å². The van der Waals surface area contributed by atoms with Gasteiger partial charge in [-0.1, -0.05) is 54.1 Å². The van der Waals surface area contributed by atoms with Crippen molar-refractivity contribution < 1.29 is 49.1 Å². The van der Waals surface area contributed by atoms with Gasteiger partial charge in [-0.05, 0) is 24.2 Å². The van der Waals surface area contributed by atoms with E-state index in [4.69, 9.17) is 36.8 Å².